The summed E-state index contributed by atoms with van der Waals surface area (Å²) in [5.74, 6) is 0.0307. The molecule has 0 unspecified atom stereocenters. The van der Waals surface area contributed by atoms with Crippen LogP contribution in [0.2, 0.25) is 0 Å². The molecule has 0 bridgehead atoms. The normalized spacial score (nSPS) is 10.4. The van der Waals surface area contributed by atoms with Crippen molar-refractivity contribution in [3.63, 3.8) is 0 Å². The highest BCUT2D eigenvalue weighted by Crippen LogP contribution is 2.16. The number of nitrogens with zero attached hydrogens (tertiary/aromatic N) is 1. The van der Waals surface area contributed by atoms with Crippen LogP contribution >= 0.6 is 0 Å². The Morgan fingerprint density at radius 2 is 1.67 bits per heavy atom. The number of aromatic nitrogens is 1. The van der Waals surface area contributed by atoms with Gasteiger partial charge in [0.1, 0.15) is 0 Å². The van der Waals surface area contributed by atoms with Gasteiger partial charge in [0.15, 0.2) is 5.78 Å². The van der Waals surface area contributed by atoms with E-state index >= 15 is 0 Å². The average Bonchev–Trinajstić information content (AvgIpc) is 2.47. The molecule has 0 atom stereocenters. The van der Waals surface area contributed by atoms with Crippen molar-refractivity contribution >= 4 is 16.7 Å². The van der Waals surface area contributed by atoms with E-state index in [1.807, 2.05) is 60.7 Å². The summed E-state index contributed by atoms with van der Waals surface area (Å²) in [6, 6.07) is 18.8. The van der Waals surface area contributed by atoms with E-state index < -0.39 is 0 Å². The molecule has 2 aromatic carbocycles. The Balaban J connectivity index is 2.07. The second-order valence-corrected chi connectivity index (χ2v) is 4.11. The maximum atomic E-state index is 12.3. The fraction of sp³-hybridized carbons (Fsp3) is 0. The quantitative estimate of drug-likeness (QED) is 0.634. The molecule has 0 N–H and O–H groups in total. The molecule has 1 aromatic heterocycles. The van der Waals surface area contributed by atoms with Crippen molar-refractivity contribution in [1.82, 2.24) is 4.98 Å². The molecular weight excluding hydrogens is 222 g/mol. The topological polar surface area (TPSA) is 30.0 Å². The van der Waals surface area contributed by atoms with Crippen molar-refractivity contribution in [3.8, 4) is 0 Å². The number of ketones is 1. The third kappa shape index (κ3) is 1.89. The predicted octanol–water partition coefficient (Wildman–Crippen LogP) is 3.47. The Kier molecular flexibility index (Phi) is 2.61. The summed E-state index contributed by atoms with van der Waals surface area (Å²) < 4.78 is 0. The molecule has 0 aliphatic carbocycles. The lowest BCUT2D eigenvalue weighted by Crippen LogP contribution is -2.00. The number of fused-ring (bicyclic) bond motifs is 1. The number of pyridine rings is 1. The fourth-order valence-electron chi connectivity index (χ4n) is 1.96. The van der Waals surface area contributed by atoms with Crippen molar-refractivity contribution in [2.45, 2.75) is 0 Å². The number of benzene rings is 2. The number of carbonyl (C=O) groups is 1. The van der Waals surface area contributed by atoms with Gasteiger partial charge in [-0.25, -0.2) is 0 Å². The summed E-state index contributed by atoms with van der Waals surface area (Å²) in [7, 11) is 0. The maximum Gasteiger partial charge on any atom is 0.193 e. The summed E-state index contributed by atoms with van der Waals surface area (Å²) in [4.78, 5) is 16.5. The van der Waals surface area contributed by atoms with Crippen LogP contribution in [0.15, 0.2) is 66.9 Å². The van der Waals surface area contributed by atoms with Gasteiger partial charge in [-0.3, -0.25) is 9.78 Å². The molecule has 2 nitrogen and oxygen atoms in total. The highest BCUT2D eigenvalue weighted by Gasteiger charge is 2.08. The van der Waals surface area contributed by atoms with Crippen molar-refractivity contribution < 1.29 is 4.79 Å². The van der Waals surface area contributed by atoms with Gasteiger partial charge in [-0.15, -0.1) is 0 Å². The predicted molar refractivity (Wildman–Crippen MR) is 71.6 cm³/mol. The van der Waals surface area contributed by atoms with Gasteiger partial charge in [-0.2, -0.15) is 0 Å². The summed E-state index contributed by atoms with van der Waals surface area (Å²) in [5, 5.41) is 1.04. The largest absolute Gasteiger partial charge is 0.289 e. The first-order chi connectivity index (χ1) is 8.84. The monoisotopic (exact) mass is 233 g/mol. The molecule has 0 fully saturated rings. The molecule has 0 aliphatic rings. The van der Waals surface area contributed by atoms with Gasteiger partial charge in [-0.1, -0.05) is 48.5 Å². The van der Waals surface area contributed by atoms with E-state index in [0.29, 0.717) is 11.1 Å². The first kappa shape index (κ1) is 10.7. The highest BCUT2D eigenvalue weighted by molar-refractivity contribution is 6.10. The Bertz CT molecular complexity index is 704. The fourth-order valence-corrected chi connectivity index (χ4v) is 1.96. The summed E-state index contributed by atoms with van der Waals surface area (Å²) in [6.45, 7) is 0. The van der Waals surface area contributed by atoms with E-state index in [9.17, 15) is 4.79 Å². The Morgan fingerprint density at radius 3 is 2.50 bits per heavy atom. The van der Waals surface area contributed by atoms with E-state index in [1.165, 1.54) is 0 Å². The van der Waals surface area contributed by atoms with Crippen LogP contribution in [0.5, 0.6) is 0 Å². The van der Waals surface area contributed by atoms with Crippen LogP contribution in [0.1, 0.15) is 15.9 Å². The van der Waals surface area contributed by atoms with E-state index in [-0.39, 0.29) is 5.78 Å². The molecule has 0 saturated carbocycles. The molecule has 0 radical (unpaired) electrons. The summed E-state index contributed by atoms with van der Waals surface area (Å²) in [5.41, 5.74) is 2.22. The SMILES string of the molecule is O=C(c1ccccc1)c1ccc2cccnc2c1. The summed E-state index contributed by atoms with van der Waals surface area (Å²) in [6.07, 6.45) is 1.74. The Hall–Kier alpha value is -2.48. The van der Waals surface area contributed by atoms with Gasteiger partial charge in [0.2, 0.25) is 0 Å². The maximum absolute atomic E-state index is 12.3. The number of hydrogen-bond donors (Lipinski definition) is 0. The molecule has 0 saturated heterocycles. The minimum Gasteiger partial charge on any atom is -0.289 e. The zero-order valence-corrected chi connectivity index (χ0v) is 9.71. The van der Waals surface area contributed by atoms with Gasteiger partial charge in [-0.05, 0) is 12.1 Å². The van der Waals surface area contributed by atoms with E-state index in [2.05, 4.69) is 4.98 Å². The van der Waals surface area contributed by atoms with Crippen LogP contribution in [0.3, 0.4) is 0 Å². The second kappa shape index (κ2) is 4.41. The number of hydrogen-bond acceptors (Lipinski definition) is 2. The van der Waals surface area contributed by atoms with Crippen molar-refractivity contribution in [1.29, 1.82) is 0 Å². The van der Waals surface area contributed by atoms with E-state index in [0.717, 1.165) is 10.9 Å². The van der Waals surface area contributed by atoms with Crippen LogP contribution in [0.25, 0.3) is 10.9 Å². The molecule has 18 heavy (non-hydrogen) atoms. The Morgan fingerprint density at radius 1 is 0.833 bits per heavy atom. The van der Waals surface area contributed by atoms with Gasteiger partial charge >= 0.3 is 0 Å². The van der Waals surface area contributed by atoms with Gasteiger partial charge < -0.3 is 0 Å². The molecule has 3 rings (SSSR count). The molecule has 0 aliphatic heterocycles. The van der Waals surface area contributed by atoms with Gasteiger partial charge in [0, 0.05) is 22.7 Å². The van der Waals surface area contributed by atoms with Crippen molar-refractivity contribution in [2.24, 2.45) is 0 Å². The summed E-state index contributed by atoms with van der Waals surface area (Å²) >= 11 is 0. The third-order valence-corrected chi connectivity index (χ3v) is 2.90. The lowest BCUT2D eigenvalue weighted by atomic mass is 10.0. The molecular formula is C16H11NO. The lowest BCUT2D eigenvalue weighted by molar-refractivity contribution is 0.103. The van der Waals surface area contributed by atoms with Gasteiger partial charge in [0.25, 0.3) is 0 Å². The number of carbonyl (C=O) groups excluding carboxylic acids is 1. The first-order valence-corrected chi connectivity index (χ1v) is 5.79. The Labute approximate surface area is 105 Å². The van der Waals surface area contributed by atoms with Crippen molar-refractivity contribution in [2.75, 3.05) is 0 Å². The third-order valence-electron chi connectivity index (χ3n) is 2.90. The minimum atomic E-state index is 0.0307. The molecule has 0 amide bonds. The average molecular weight is 233 g/mol. The van der Waals surface area contributed by atoms with Gasteiger partial charge in [0.05, 0.1) is 5.52 Å². The smallest absolute Gasteiger partial charge is 0.193 e. The molecule has 1 heterocycles. The van der Waals surface area contributed by atoms with E-state index in [1.54, 1.807) is 6.20 Å². The minimum absolute atomic E-state index is 0.0307. The zero-order chi connectivity index (χ0) is 12.4. The lowest BCUT2D eigenvalue weighted by Gasteiger charge is -2.02. The number of rotatable bonds is 2. The van der Waals surface area contributed by atoms with Crippen LogP contribution in [0.4, 0.5) is 0 Å². The standard InChI is InChI=1S/C16H11NO/c18-16(13-5-2-1-3-6-13)14-9-8-12-7-4-10-17-15(12)11-14/h1-11H. The molecule has 2 heteroatoms. The molecule has 86 valence electrons. The van der Waals surface area contributed by atoms with Crippen LogP contribution in [-0.2, 0) is 0 Å². The molecule has 0 spiro atoms. The van der Waals surface area contributed by atoms with Crippen molar-refractivity contribution in [3.05, 3.63) is 78.0 Å². The van der Waals surface area contributed by atoms with E-state index in [4.69, 9.17) is 0 Å². The zero-order valence-electron chi connectivity index (χ0n) is 9.71. The molecule has 3 aromatic rings. The van der Waals surface area contributed by atoms with Crippen LogP contribution < -0.4 is 0 Å². The first-order valence-electron chi connectivity index (χ1n) is 5.79. The second-order valence-electron chi connectivity index (χ2n) is 4.11. The van der Waals surface area contributed by atoms with Crippen LogP contribution in [0, 0.1) is 0 Å². The highest BCUT2D eigenvalue weighted by atomic mass is 16.1. The van der Waals surface area contributed by atoms with Crippen LogP contribution in [-0.4, -0.2) is 10.8 Å².